The molecule has 3 aromatic carbocycles. The van der Waals surface area contributed by atoms with Gasteiger partial charge in [0.15, 0.2) is 0 Å². The Balaban J connectivity index is 0.000000184. The standard InChI is InChI=1S/C13H12O.C12H11.2ClH.Ti/c14-13(11-7-3-1-4-8-11)12-9-5-2-6-10-12;1-10-6-5-9-12(10)11-7-3-2-4-8-11;;;/h1-10,13-14H;2-7H,9H2,1H3;2*1H;/q;-1;;;+2/p-2. The van der Waals surface area contributed by atoms with Crippen molar-refractivity contribution in [3.63, 3.8) is 0 Å². The number of benzene rings is 3. The zero-order chi connectivity index (χ0) is 20.9. The third-order valence-electron chi connectivity index (χ3n) is 4.43. The van der Waals surface area contributed by atoms with Crippen LogP contribution in [0.4, 0.5) is 0 Å². The van der Waals surface area contributed by atoms with Crippen molar-refractivity contribution in [2.24, 2.45) is 0 Å². The van der Waals surface area contributed by atoms with Crippen LogP contribution in [0.2, 0.25) is 0 Å². The number of hydrogen-bond donors (Lipinski definition) is 1. The van der Waals surface area contributed by atoms with Crippen molar-refractivity contribution in [3.8, 4) is 0 Å². The van der Waals surface area contributed by atoms with E-state index in [-0.39, 0.29) is 0 Å². The molecule has 0 atom stereocenters. The summed E-state index contributed by atoms with van der Waals surface area (Å²) in [7, 11) is 9.78. The van der Waals surface area contributed by atoms with Gasteiger partial charge >= 0.3 is 35.6 Å². The summed E-state index contributed by atoms with van der Waals surface area (Å²) in [5.41, 5.74) is 5.88. The second kappa shape index (κ2) is 13.6. The molecule has 29 heavy (non-hydrogen) atoms. The van der Waals surface area contributed by atoms with Crippen molar-refractivity contribution in [1.82, 2.24) is 0 Å². The Morgan fingerprint density at radius 3 is 1.79 bits per heavy atom. The van der Waals surface area contributed by atoms with Crippen molar-refractivity contribution < 1.29 is 22.1 Å². The summed E-state index contributed by atoms with van der Waals surface area (Å²) in [6.07, 6.45) is 4.92. The zero-order valence-corrected chi connectivity index (χ0v) is 19.3. The predicted molar refractivity (Wildman–Crippen MR) is 120 cm³/mol. The molecule has 1 N–H and O–H groups in total. The normalized spacial score (nSPS) is 12.0. The van der Waals surface area contributed by atoms with E-state index in [1.54, 1.807) is 0 Å². The van der Waals surface area contributed by atoms with Gasteiger partial charge in [-0.15, -0.1) is 41.5 Å². The molecule has 0 fully saturated rings. The molecule has 1 aliphatic carbocycles. The van der Waals surface area contributed by atoms with Crippen LogP contribution in [0, 0.1) is 6.07 Å². The first-order chi connectivity index (χ1) is 14.2. The molecule has 0 aromatic heterocycles. The fraction of sp³-hybridized carbons (Fsp3) is 0.120. The number of aliphatic hydroxyl groups is 1. The van der Waals surface area contributed by atoms with Gasteiger partial charge < -0.3 is 5.11 Å². The van der Waals surface area contributed by atoms with E-state index in [9.17, 15) is 5.11 Å². The molecule has 0 bridgehead atoms. The average molecular weight is 458 g/mol. The molecule has 0 spiro atoms. The molecule has 0 amide bonds. The number of halogens is 2. The van der Waals surface area contributed by atoms with Crippen molar-refractivity contribution in [2.45, 2.75) is 19.4 Å². The summed E-state index contributed by atoms with van der Waals surface area (Å²) in [5, 5.41) is 9.99. The van der Waals surface area contributed by atoms with Crippen molar-refractivity contribution >= 4 is 24.2 Å². The van der Waals surface area contributed by atoms with Gasteiger partial charge in [-0.2, -0.15) is 0 Å². The van der Waals surface area contributed by atoms with E-state index in [2.05, 4.69) is 37.3 Å². The van der Waals surface area contributed by atoms with Gasteiger partial charge in [0.1, 0.15) is 6.10 Å². The van der Waals surface area contributed by atoms with Crippen molar-refractivity contribution in [1.29, 1.82) is 0 Å². The summed E-state index contributed by atoms with van der Waals surface area (Å²) in [4.78, 5) is 0. The second-order valence-corrected chi connectivity index (χ2v) is 8.92. The van der Waals surface area contributed by atoms with Crippen LogP contribution in [0.15, 0.2) is 103 Å². The first kappa shape index (κ1) is 23.7. The fourth-order valence-corrected chi connectivity index (χ4v) is 2.98. The van der Waals surface area contributed by atoms with Crippen LogP contribution in [0.25, 0.3) is 5.57 Å². The minimum absolute atomic E-state index is 0.516. The van der Waals surface area contributed by atoms with E-state index in [4.69, 9.17) is 18.6 Å². The third kappa shape index (κ3) is 7.97. The van der Waals surface area contributed by atoms with Gasteiger partial charge in [-0.05, 0) is 24.5 Å². The minimum atomic E-state index is -0.556. The van der Waals surface area contributed by atoms with Crippen LogP contribution in [-0.2, 0) is 17.0 Å². The van der Waals surface area contributed by atoms with Crippen LogP contribution in [0.1, 0.15) is 36.1 Å². The first-order valence-corrected chi connectivity index (χ1v) is 13.5. The van der Waals surface area contributed by atoms with Gasteiger partial charge in [-0.3, -0.25) is 0 Å². The Kier molecular flexibility index (Phi) is 11.1. The molecule has 148 valence electrons. The summed E-state index contributed by atoms with van der Waals surface area (Å²) >= 11 is -0.556. The molecule has 0 aliphatic heterocycles. The predicted octanol–water partition coefficient (Wildman–Crippen LogP) is 7.36. The molecule has 4 rings (SSSR count). The van der Waals surface area contributed by atoms with Gasteiger partial charge in [0.05, 0.1) is 0 Å². The maximum absolute atomic E-state index is 9.99. The van der Waals surface area contributed by atoms with E-state index in [0.29, 0.717) is 0 Å². The van der Waals surface area contributed by atoms with Crippen LogP contribution in [0.3, 0.4) is 0 Å². The summed E-state index contributed by atoms with van der Waals surface area (Å²) < 4.78 is 0. The van der Waals surface area contributed by atoms with Crippen LogP contribution < -0.4 is 0 Å². The Hall–Kier alpha value is -1.61. The van der Waals surface area contributed by atoms with Crippen molar-refractivity contribution in [3.05, 3.63) is 125 Å². The zero-order valence-electron chi connectivity index (χ0n) is 16.2. The fourth-order valence-electron chi connectivity index (χ4n) is 2.98. The van der Waals surface area contributed by atoms with Crippen LogP contribution in [0.5, 0.6) is 0 Å². The molecule has 0 radical (unpaired) electrons. The van der Waals surface area contributed by atoms with E-state index in [1.807, 2.05) is 72.8 Å². The van der Waals surface area contributed by atoms with Crippen LogP contribution in [-0.4, -0.2) is 5.11 Å². The molecule has 0 heterocycles. The number of rotatable bonds is 3. The Morgan fingerprint density at radius 2 is 1.38 bits per heavy atom. The molecule has 1 aliphatic rings. The molecule has 0 saturated heterocycles. The molecule has 0 unspecified atom stereocenters. The van der Waals surface area contributed by atoms with Crippen molar-refractivity contribution in [2.75, 3.05) is 0 Å². The number of aliphatic hydroxyl groups excluding tert-OH is 1. The summed E-state index contributed by atoms with van der Waals surface area (Å²) in [5.74, 6) is 0. The number of allylic oxidation sites excluding steroid dienone is 4. The third-order valence-corrected chi connectivity index (χ3v) is 4.43. The van der Waals surface area contributed by atoms with E-state index in [1.165, 1.54) is 16.7 Å². The van der Waals surface area contributed by atoms with Gasteiger partial charge in [-0.1, -0.05) is 78.4 Å². The van der Waals surface area contributed by atoms with E-state index < -0.39 is 23.1 Å². The quantitative estimate of drug-likeness (QED) is 0.321. The van der Waals surface area contributed by atoms with E-state index in [0.717, 1.165) is 17.5 Å². The monoisotopic (exact) mass is 457 g/mol. The average Bonchev–Trinajstić information content (AvgIpc) is 3.22. The topological polar surface area (TPSA) is 20.2 Å². The number of hydrogen-bond acceptors (Lipinski definition) is 1. The van der Waals surface area contributed by atoms with Crippen LogP contribution >= 0.6 is 18.6 Å². The van der Waals surface area contributed by atoms with Gasteiger partial charge in [0.25, 0.3) is 0 Å². The Labute approximate surface area is 190 Å². The van der Waals surface area contributed by atoms with E-state index >= 15 is 0 Å². The Bertz CT molecular complexity index is 854. The molecule has 4 heteroatoms. The second-order valence-electron chi connectivity index (χ2n) is 6.34. The van der Waals surface area contributed by atoms with Gasteiger partial charge in [-0.25, -0.2) is 0 Å². The summed E-state index contributed by atoms with van der Waals surface area (Å²) in [6, 6.07) is 30.7. The molecule has 0 saturated carbocycles. The van der Waals surface area contributed by atoms with Gasteiger partial charge in [0.2, 0.25) is 0 Å². The SMILES string of the molecule is CC1=C(c2[c-]cccc2)CC=C1.OC(c1ccccc1)c1ccccc1.[Cl][Ti][Cl]. The summed E-state index contributed by atoms with van der Waals surface area (Å²) in [6.45, 7) is 2.15. The molecular formula is C25H23Cl2OTi-. The molecule has 3 aromatic rings. The Morgan fingerprint density at radius 1 is 0.862 bits per heavy atom. The molecular weight excluding hydrogens is 435 g/mol. The molecule has 1 nitrogen and oxygen atoms in total. The first-order valence-electron chi connectivity index (χ1n) is 9.25. The maximum atomic E-state index is 9.99. The van der Waals surface area contributed by atoms with Gasteiger partial charge in [0, 0.05) is 0 Å².